The number of nitrogens with zero attached hydrogens (tertiary/aromatic N) is 4. The van der Waals surface area contributed by atoms with E-state index in [1.54, 1.807) is 0 Å². The third-order valence-corrected chi connectivity index (χ3v) is 5.92. The number of aromatic nitrogens is 3. The first-order valence-electron chi connectivity index (χ1n) is 10.8. The predicted molar refractivity (Wildman–Crippen MR) is 120 cm³/mol. The molecule has 0 saturated carbocycles. The van der Waals surface area contributed by atoms with Gasteiger partial charge < -0.3 is 16.0 Å². The number of aryl methyl sites for hydroxylation is 1. The molecule has 3 heterocycles. The van der Waals surface area contributed by atoms with Crippen LogP contribution in [0.4, 0.5) is 11.6 Å². The molecule has 0 spiro atoms. The number of benzene rings is 1. The number of nitrogens with one attached hydrogen (secondary N) is 3. The van der Waals surface area contributed by atoms with Crippen LogP contribution in [0.1, 0.15) is 43.4 Å². The summed E-state index contributed by atoms with van der Waals surface area (Å²) >= 11 is 0. The molecule has 0 amide bonds. The molecule has 1 saturated heterocycles. The van der Waals surface area contributed by atoms with Crippen LogP contribution in [0.3, 0.4) is 0 Å². The number of hydrogen-bond acceptors (Lipinski definition) is 6. The fourth-order valence-electron chi connectivity index (χ4n) is 4.10. The van der Waals surface area contributed by atoms with E-state index in [1.165, 1.54) is 12.8 Å². The summed E-state index contributed by atoms with van der Waals surface area (Å²) in [6.07, 6.45) is 5.14. The van der Waals surface area contributed by atoms with E-state index < -0.39 is 0 Å². The quantitative estimate of drug-likeness (QED) is 0.559. The molecular formula is C23H29N7. The fraction of sp³-hybridized carbons (Fsp3) is 0.435. The van der Waals surface area contributed by atoms with E-state index in [-0.39, 0.29) is 0 Å². The minimum absolute atomic E-state index is 0.357. The smallest absolute Gasteiger partial charge is 0.162 e. The molecule has 1 atom stereocenters. The van der Waals surface area contributed by atoms with Gasteiger partial charge in [0.05, 0.1) is 17.8 Å². The Bertz CT molecular complexity index is 1040. The third kappa shape index (κ3) is 4.39. The Kier molecular flexibility index (Phi) is 6.15. The maximum absolute atomic E-state index is 9.14. The van der Waals surface area contributed by atoms with Crippen molar-refractivity contribution >= 4 is 17.3 Å². The van der Waals surface area contributed by atoms with E-state index in [1.807, 2.05) is 41.0 Å². The molecule has 3 aromatic rings. The molecule has 156 valence electrons. The second kappa shape index (κ2) is 9.14. The van der Waals surface area contributed by atoms with Crippen LogP contribution >= 0.6 is 0 Å². The zero-order valence-electron chi connectivity index (χ0n) is 17.7. The summed E-state index contributed by atoms with van der Waals surface area (Å²) in [7, 11) is 0. The highest BCUT2D eigenvalue weighted by atomic mass is 15.3. The normalized spacial score (nSPS) is 15.6. The van der Waals surface area contributed by atoms with Gasteiger partial charge in [-0.25, -0.2) is 4.98 Å². The van der Waals surface area contributed by atoms with Gasteiger partial charge in [0.1, 0.15) is 11.6 Å². The Balaban J connectivity index is 1.59. The number of nitriles is 1. The molecule has 2 aromatic heterocycles. The summed E-state index contributed by atoms with van der Waals surface area (Å²) in [4.78, 5) is 4.87. The molecule has 1 aliphatic rings. The molecule has 0 aliphatic carbocycles. The van der Waals surface area contributed by atoms with Crippen LogP contribution < -0.4 is 16.0 Å². The largest absolute Gasteiger partial charge is 0.367 e. The maximum atomic E-state index is 9.14. The van der Waals surface area contributed by atoms with E-state index in [4.69, 9.17) is 10.2 Å². The van der Waals surface area contributed by atoms with Gasteiger partial charge in [0.25, 0.3) is 0 Å². The Hall–Kier alpha value is -3.11. The molecule has 30 heavy (non-hydrogen) atoms. The summed E-state index contributed by atoms with van der Waals surface area (Å²) in [6.45, 7) is 7.15. The van der Waals surface area contributed by atoms with Gasteiger partial charge in [-0.2, -0.15) is 14.9 Å². The minimum Gasteiger partial charge on any atom is -0.367 e. The highest BCUT2D eigenvalue weighted by Gasteiger charge is 2.21. The van der Waals surface area contributed by atoms with E-state index in [9.17, 15) is 0 Å². The van der Waals surface area contributed by atoms with Crippen LogP contribution in [0.15, 0.2) is 36.5 Å². The monoisotopic (exact) mass is 403 g/mol. The van der Waals surface area contributed by atoms with E-state index in [2.05, 4.69) is 41.0 Å². The number of anilines is 2. The van der Waals surface area contributed by atoms with Gasteiger partial charge in [-0.3, -0.25) is 0 Å². The van der Waals surface area contributed by atoms with Crippen molar-refractivity contribution in [2.24, 2.45) is 5.92 Å². The Morgan fingerprint density at radius 1 is 1.30 bits per heavy atom. The summed E-state index contributed by atoms with van der Waals surface area (Å²) < 4.78 is 1.87. The van der Waals surface area contributed by atoms with Crippen molar-refractivity contribution in [3.63, 3.8) is 0 Å². The SMILES string of the molecule is CCc1cnn2c(NCc3cccc(C#N)c3)cc(N[C@H](C)C3CCNCC3)nc12. The minimum atomic E-state index is 0.357. The average molecular weight is 404 g/mol. The fourth-order valence-corrected chi connectivity index (χ4v) is 4.10. The second-order valence-electron chi connectivity index (χ2n) is 7.97. The molecule has 1 aromatic carbocycles. The van der Waals surface area contributed by atoms with Crippen molar-refractivity contribution in [2.45, 2.75) is 45.7 Å². The first kappa shape index (κ1) is 20.2. The zero-order chi connectivity index (χ0) is 20.9. The molecule has 0 unspecified atom stereocenters. The van der Waals surface area contributed by atoms with Gasteiger partial charge in [0.2, 0.25) is 0 Å². The van der Waals surface area contributed by atoms with Crippen LogP contribution in [0.5, 0.6) is 0 Å². The summed E-state index contributed by atoms with van der Waals surface area (Å²) in [5.74, 6) is 2.41. The zero-order valence-corrected chi connectivity index (χ0v) is 17.7. The third-order valence-electron chi connectivity index (χ3n) is 5.92. The van der Waals surface area contributed by atoms with Crippen LogP contribution in [0.2, 0.25) is 0 Å². The van der Waals surface area contributed by atoms with Crippen molar-refractivity contribution < 1.29 is 0 Å². The Morgan fingerprint density at radius 2 is 2.13 bits per heavy atom. The second-order valence-corrected chi connectivity index (χ2v) is 7.97. The standard InChI is InChI=1S/C23H29N7/c1-3-19-15-27-30-22(26-14-18-6-4-5-17(11-18)13-24)12-21(29-23(19)30)28-16(2)20-7-9-25-10-8-20/h4-6,11-12,15-16,20,25-26H,3,7-10,14H2,1-2H3,(H,28,29)/t16-/m1/s1. The summed E-state index contributed by atoms with van der Waals surface area (Å²) in [5.41, 5.74) is 3.73. The van der Waals surface area contributed by atoms with Crippen molar-refractivity contribution in [1.29, 1.82) is 5.26 Å². The van der Waals surface area contributed by atoms with Crippen LogP contribution in [0.25, 0.3) is 5.65 Å². The van der Waals surface area contributed by atoms with Crippen molar-refractivity contribution in [2.75, 3.05) is 23.7 Å². The maximum Gasteiger partial charge on any atom is 0.162 e. The molecule has 7 heteroatoms. The molecule has 4 rings (SSSR count). The number of rotatable bonds is 7. The predicted octanol–water partition coefficient (Wildman–Crippen LogP) is 3.58. The van der Waals surface area contributed by atoms with E-state index in [0.717, 1.165) is 47.9 Å². The molecule has 0 radical (unpaired) electrons. The number of fused-ring (bicyclic) bond motifs is 1. The summed E-state index contributed by atoms with van der Waals surface area (Å²) in [6, 6.07) is 12.2. The number of hydrogen-bond donors (Lipinski definition) is 3. The lowest BCUT2D eigenvalue weighted by Gasteiger charge is -2.29. The van der Waals surface area contributed by atoms with Gasteiger partial charge in [0.15, 0.2) is 5.65 Å². The number of piperidine rings is 1. The lowest BCUT2D eigenvalue weighted by Crippen LogP contribution is -2.36. The first-order valence-corrected chi connectivity index (χ1v) is 10.8. The lowest BCUT2D eigenvalue weighted by atomic mass is 9.91. The van der Waals surface area contributed by atoms with E-state index in [0.29, 0.717) is 24.1 Å². The lowest BCUT2D eigenvalue weighted by molar-refractivity contribution is 0.342. The average Bonchev–Trinajstić information content (AvgIpc) is 3.21. The van der Waals surface area contributed by atoms with Crippen LogP contribution in [-0.4, -0.2) is 33.7 Å². The summed E-state index contributed by atoms with van der Waals surface area (Å²) in [5, 5.41) is 24.2. The highest BCUT2D eigenvalue weighted by Crippen LogP contribution is 2.24. The van der Waals surface area contributed by atoms with Crippen LogP contribution in [-0.2, 0) is 13.0 Å². The van der Waals surface area contributed by atoms with Crippen LogP contribution in [0, 0.1) is 17.2 Å². The molecule has 1 fully saturated rings. The van der Waals surface area contributed by atoms with Gasteiger partial charge in [-0.15, -0.1) is 0 Å². The molecular weight excluding hydrogens is 374 g/mol. The topological polar surface area (TPSA) is 90.1 Å². The Labute approximate surface area is 177 Å². The molecule has 1 aliphatic heterocycles. The van der Waals surface area contributed by atoms with Gasteiger partial charge in [-0.1, -0.05) is 19.1 Å². The van der Waals surface area contributed by atoms with E-state index >= 15 is 0 Å². The van der Waals surface area contributed by atoms with Crippen molar-refractivity contribution in [3.05, 3.63) is 53.2 Å². The van der Waals surface area contributed by atoms with Crippen molar-refractivity contribution in [3.8, 4) is 6.07 Å². The van der Waals surface area contributed by atoms with Gasteiger partial charge >= 0.3 is 0 Å². The van der Waals surface area contributed by atoms with Gasteiger partial charge in [0, 0.05) is 24.2 Å². The molecule has 7 nitrogen and oxygen atoms in total. The molecule has 0 bridgehead atoms. The van der Waals surface area contributed by atoms with Crippen molar-refractivity contribution in [1.82, 2.24) is 19.9 Å². The van der Waals surface area contributed by atoms with Gasteiger partial charge in [-0.05, 0) is 62.9 Å². The highest BCUT2D eigenvalue weighted by molar-refractivity contribution is 5.60. The molecule has 3 N–H and O–H groups in total. The Morgan fingerprint density at radius 3 is 2.90 bits per heavy atom. The first-order chi connectivity index (χ1) is 14.7.